The Bertz CT molecular complexity index is 914. The Morgan fingerprint density at radius 1 is 1.14 bits per heavy atom. The molecule has 0 radical (unpaired) electrons. The molecule has 1 aliphatic rings. The number of hydrogen-bond acceptors (Lipinski definition) is 4. The third-order valence-electron chi connectivity index (χ3n) is 4.80. The summed E-state index contributed by atoms with van der Waals surface area (Å²) in [7, 11) is 2.94. The number of amides is 4. The van der Waals surface area contributed by atoms with Gasteiger partial charge in [0.25, 0.3) is 5.91 Å². The lowest BCUT2D eigenvalue weighted by Crippen LogP contribution is -2.36. The highest BCUT2D eigenvalue weighted by molar-refractivity contribution is 6.06. The van der Waals surface area contributed by atoms with Gasteiger partial charge in [-0.1, -0.05) is 30.3 Å². The number of nitrogens with zero attached hydrogens (tertiary/aromatic N) is 4. The number of likely N-dealkylation sites (N-methyl/N-ethyl adjacent to an activating group) is 2. The number of rotatable bonds is 4. The predicted molar refractivity (Wildman–Crippen MR) is 106 cm³/mol. The van der Waals surface area contributed by atoms with E-state index in [-0.39, 0.29) is 23.8 Å². The highest BCUT2D eigenvalue weighted by Crippen LogP contribution is 2.32. The number of nitrogens with one attached hydrogen (secondary N) is 1. The van der Waals surface area contributed by atoms with E-state index in [0.29, 0.717) is 5.82 Å². The molecule has 1 unspecified atom stereocenters. The fourth-order valence-electron chi connectivity index (χ4n) is 3.24. The van der Waals surface area contributed by atoms with Crippen molar-refractivity contribution in [1.29, 1.82) is 0 Å². The van der Waals surface area contributed by atoms with Gasteiger partial charge in [-0.2, -0.15) is 5.10 Å². The molecule has 0 spiro atoms. The molecule has 2 heterocycles. The molecular formula is C20H25N5O3. The molecule has 2 aromatic rings. The van der Waals surface area contributed by atoms with Crippen molar-refractivity contribution >= 4 is 23.7 Å². The fourth-order valence-corrected chi connectivity index (χ4v) is 3.24. The molecule has 1 fully saturated rings. The van der Waals surface area contributed by atoms with Crippen LogP contribution < -0.4 is 5.32 Å². The largest absolute Gasteiger partial charge is 0.326 e. The quantitative estimate of drug-likeness (QED) is 0.822. The van der Waals surface area contributed by atoms with Crippen molar-refractivity contribution in [3.63, 3.8) is 0 Å². The Balaban J connectivity index is 1.89. The van der Waals surface area contributed by atoms with Crippen LogP contribution in [0.25, 0.3) is 11.1 Å². The normalized spacial score (nSPS) is 17.4. The summed E-state index contributed by atoms with van der Waals surface area (Å²) in [4.78, 5) is 39.3. The molecule has 1 saturated heterocycles. The van der Waals surface area contributed by atoms with Crippen LogP contribution in [0.1, 0.15) is 27.2 Å². The Morgan fingerprint density at radius 3 is 2.32 bits per heavy atom. The van der Waals surface area contributed by atoms with E-state index in [0.717, 1.165) is 16.0 Å². The third kappa shape index (κ3) is 3.49. The monoisotopic (exact) mass is 383 g/mol. The summed E-state index contributed by atoms with van der Waals surface area (Å²) in [5.74, 6) is -0.164. The van der Waals surface area contributed by atoms with Crippen LogP contribution in [0, 0.1) is 0 Å². The van der Waals surface area contributed by atoms with E-state index in [1.54, 1.807) is 10.9 Å². The van der Waals surface area contributed by atoms with Gasteiger partial charge in [-0.05, 0) is 26.3 Å². The number of aromatic nitrogens is 2. The Morgan fingerprint density at radius 2 is 1.79 bits per heavy atom. The first-order valence-electron chi connectivity index (χ1n) is 9.09. The standard InChI is InChI=1S/C20H25N5O3/c1-20(2,3)25-17(14(12-21-25)13-9-7-6-8-10-13)22-16(26)11-15-18(27)24(5)19(28)23(15)4/h6-10,12,15H,11H2,1-5H3,(H,22,26). The van der Waals surface area contributed by atoms with E-state index in [1.165, 1.54) is 19.0 Å². The van der Waals surface area contributed by atoms with Crippen LogP contribution in [0.4, 0.5) is 10.6 Å². The summed E-state index contributed by atoms with van der Waals surface area (Å²) >= 11 is 0. The van der Waals surface area contributed by atoms with Crippen molar-refractivity contribution in [2.75, 3.05) is 19.4 Å². The fraction of sp³-hybridized carbons (Fsp3) is 0.400. The molecule has 8 nitrogen and oxygen atoms in total. The minimum absolute atomic E-state index is 0.116. The zero-order valence-electron chi connectivity index (χ0n) is 16.8. The van der Waals surface area contributed by atoms with Crippen LogP contribution in [-0.4, -0.2) is 57.6 Å². The number of imide groups is 1. The van der Waals surface area contributed by atoms with Crippen molar-refractivity contribution in [2.24, 2.45) is 0 Å². The Hall–Kier alpha value is -3.16. The highest BCUT2D eigenvalue weighted by atomic mass is 16.2. The van der Waals surface area contributed by atoms with Gasteiger partial charge in [0.1, 0.15) is 11.9 Å². The van der Waals surface area contributed by atoms with E-state index < -0.39 is 12.1 Å². The van der Waals surface area contributed by atoms with Crippen molar-refractivity contribution in [3.8, 4) is 11.1 Å². The topological polar surface area (TPSA) is 87.5 Å². The average Bonchev–Trinajstić information content (AvgIpc) is 3.14. The first-order chi connectivity index (χ1) is 13.1. The molecule has 0 saturated carbocycles. The van der Waals surface area contributed by atoms with Crippen molar-refractivity contribution in [3.05, 3.63) is 36.5 Å². The summed E-state index contributed by atoms with van der Waals surface area (Å²) in [6, 6.07) is 8.44. The summed E-state index contributed by atoms with van der Waals surface area (Å²) < 4.78 is 1.75. The lowest BCUT2D eigenvalue weighted by Gasteiger charge is -2.23. The van der Waals surface area contributed by atoms with Gasteiger partial charge >= 0.3 is 6.03 Å². The van der Waals surface area contributed by atoms with Gasteiger partial charge in [-0.3, -0.25) is 14.5 Å². The Labute approximate surface area is 164 Å². The van der Waals surface area contributed by atoms with E-state index in [4.69, 9.17) is 0 Å². The van der Waals surface area contributed by atoms with Gasteiger partial charge < -0.3 is 10.2 Å². The molecule has 0 aliphatic carbocycles. The van der Waals surface area contributed by atoms with Crippen molar-refractivity contribution in [2.45, 2.75) is 38.8 Å². The molecule has 3 rings (SSSR count). The number of carbonyl (C=O) groups is 3. The lowest BCUT2D eigenvalue weighted by atomic mass is 10.1. The molecule has 1 aromatic heterocycles. The van der Waals surface area contributed by atoms with Crippen molar-refractivity contribution in [1.82, 2.24) is 19.6 Å². The number of hydrogen-bond donors (Lipinski definition) is 1. The molecule has 1 aliphatic heterocycles. The van der Waals surface area contributed by atoms with E-state index in [1.807, 2.05) is 51.1 Å². The highest BCUT2D eigenvalue weighted by Gasteiger charge is 2.42. The summed E-state index contributed by atoms with van der Waals surface area (Å²) in [5, 5.41) is 7.38. The third-order valence-corrected chi connectivity index (χ3v) is 4.80. The molecule has 8 heteroatoms. The van der Waals surface area contributed by atoms with E-state index >= 15 is 0 Å². The van der Waals surface area contributed by atoms with Gasteiger partial charge in [0.15, 0.2) is 0 Å². The van der Waals surface area contributed by atoms with Crippen LogP contribution in [0.15, 0.2) is 36.5 Å². The molecular weight excluding hydrogens is 358 g/mol. The molecule has 148 valence electrons. The second kappa shape index (κ2) is 7.10. The molecule has 1 aromatic carbocycles. The smallest absolute Gasteiger partial charge is 0.315 e. The van der Waals surface area contributed by atoms with Crippen LogP contribution in [0.5, 0.6) is 0 Å². The maximum Gasteiger partial charge on any atom is 0.326 e. The van der Waals surface area contributed by atoms with Crippen LogP contribution in [0.3, 0.4) is 0 Å². The van der Waals surface area contributed by atoms with Crippen LogP contribution in [0.2, 0.25) is 0 Å². The summed E-state index contributed by atoms with van der Waals surface area (Å²) in [5.41, 5.74) is 1.37. The Kier molecular flexibility index (Phi) is 4.97. The first-order valence-corrected chi connectivity index (χ1v) is 9.09. The van der Waals surface area contributed by atoms with Gasteiger partial charge in [0, 0.05) is 19.7 Å². The second-order valence-electron chi connectivity index (χ2n) is 7.91. The molecule has 28 heavy (non-hydrogen) atoms. The second-order valence-corrected chi connectivity index (χ2v) is 7.91. The lowest BCUT2D eigenvalue weighted by molar-refractivity contribution is -0.129. The van der Waals surface area contributed by atoms with Crippen molar-refractivity contribution < 1.29 is 14.4 Å². The number of anilines is 1. The van der Waals surface area contributed by atoms with Crippen LogP contribution in [-0.2, 0) is 15.1 Å². The molecule has 0 bridgehead atoms. The average molecular weight is 383 g/mol. The van der Waals surface area contributed by atoms with E-state index in [9.17, 15) is 14.4 Å². The minimum atomic E-state index is -0.802. The number of urea groups is 1. The van der Waals surface area contributed by atoms with Gasteiger partial charge in [0.05, 0.1) is 18.2 Å². The SMILES string of the molecule is CN1C(=O)C(CC(=O)Nc2c(-c3ccccc3)cnn2C(C)(C)C)N(C)C1=O. The zero-order chi connectivity index (χ0) is 20.6. The number of benzene rings is 1. The molecule has 1 atom stereocenters. The van der Waals surface area contributed by atoms with E-state index in [2.05, 4.69) is 10.4 Å². The molecule has 4 amide bonds. The summed E-state index contributed by atoms with van der Waals surface area (Å²) in [6.07, 6.45) is 1.61. The zero-order valence-corrected chi connectivity index (χ0v) is 16.8. The van der Waals surface area contributed by atoms with Gasteiger partial charge in [-0.25, -0.2) is 9.48 Å². The van der Waals surface area contributed by atoms with Gasteiger partial charge in [-0.15, -0.1) is 0 Å². The number of carbonyl (C=O) groups excluding carboxylic acids is 3. The molecule has 1 N–H and O–H groups in total. The first kappa shape index (κ1) is 19.6. The maximum atomic E-state index is 12.8. The maximum absolute atomic E-state index is 12.8. The predicted octanol–water partition coefficient (Wildman–Crippen LogP) is 2.53. The van der Waals surface area contributed by atoms with Crippen LogP contribution >= 0.6 is 0 Å². The summed E-state index contributed by atoms with van der Waals surface area (Å²) in [6.45, 7) is 5.98. The minimum Gasteiger partial charge on any atom is -0.315 e. The van der Waals surface area contributed by atoms with Gasteiger partial charge in [0.2, 0.25) is 5.91 Å².